The number of nitrogens with one attached hydrogen (secondary N) is 1. The van der Waals surface area contributed by atoms with E-state index in [0.717, 1.165) is 32.7 Å². The zero-order chi connectivity index (χ0) is 13.5. The average molecular weight is 263 g/mol. The molecule has 1 aromatic rings. The molecule has 1 saturated carbocycles. The van der Waals surface area contributed by atoms with Crippen LogP contribution in [0.4, 0.5) is 5.69 Å². The highest BCUT2D eigenvalue weighted by molar-refractivity contribution is 5.54. The van der Waals surface area contributed by atoms with Gasteiger partial charge in [0.25, 0.3) is 0 Å². The minimum atomic E-state index is 0.697. The van der Waals surface area contributed by atoms with Gasteiger partial charge >= 0.3 is 0 Å². The Hall–Kier alpha value is -1.13. The molecule has 1 fully saturated rings. The zero-order valence-corrected chi connectivity index (χ0v) is 12.1. The predicted octanol–water partition coefficient (Wildman–Crippen LogP) is 2.20. The minimum Gasteiger partial charge on any atom is -0.383 e. The van der Waals surface area contributed by atoms with Crippen molar-refractivity contribution in [1.82, 2.24) is 10.3 Å². The predicted molar refractivity (Wildman–Crippen MR) is 78.5 cm³/mol. The highest BCUT2D eigenvalue weighted by Gasteiger charge is 2.30. The lowest BCUT2D eigenvalue weighted by molar-refractivity contribution is 0.205. The Morgan fingerprint density at radius 3 is 3.00 bits per heavy atom. The van der Waals surface area contributed by atoms with Gasteiger partial charge in [-0.2, -0.15) is 0 Å². The average Bonchev–Trinajstić information content (AvgIpc) is 3.26. The summed E-state index contributed by atoms with van der Waals surface area (Å²) in [6.07, 6.45) is 7.63. The standard InChI is InChI=1S/C15H25N3O/c1-3-7-16-11-13-12-17-8-6-15(13)18(9-10-19-2)14-4-5-14/h6,8,12,14,16H,3-5,7,9-11H2,1-2H3. The number of rotatable bonds is 9. The number of methoxy groups -OCH3 is 1. The fourth-order valence-corrected chi connectivity index (χ4v) is 2.31. The summed E-state index contributed by atoms with van der Waals surface area (Å²) in [5.74, 6) is 0. The van der Waals surface area contributed by atoms with Crippen LogP contribution in [0, 0.1) is 0 Å². The molecule has 0 amide bonds. The Bertz CT molecular complexity index is 379. The van der Waals surface area contributed by atoms with E-state index in [1.165, 1.54) is 24.1 Å². The van der Waals surface area contributed by atoms with Crippen LogP contribution in [0.1, 0.15) is 31.7 Å². The van der Waals surface area contributed by atoms with Crippen molar-refractivity contribution in [1.29, 1.82) is 0 Å². The second-order valence-corrected chi connectivity index (χ2v) is 5.10. The van der Waals surface area contributed by atoms with Crippen LogP contribution in [0.3, 0.4) is 0 Å². The SMILES string of the molecule is CCCNCc1cnccc1N(CCOC)C1CC1. The molecule has 1 heterocycles. The van der Waals surface area contributed by atoms with Gasteiger partial charge in [-0.05, 0) is 31.9 Å². The van der Waals surface area contributed by atoms with Gasteiger partial charge in [-0.15, -0.1) is 0 Å². The lowest BCUT2D eigenvalue weighted by Gasteiger charge is -2.26. The van der Waals surface area contributed by atoms with Crippen molar-refractivity contribution < 1.29 is 4.74 Å². The second-order valence-electron chi connectivity index (χ2n) is 5.10. The smallest absolute Gasteiger partial charge is 0.0637 e. The zero-order valence-electron chi connectivity index (χ0n) is 12.1. The van der Waals surface area contributed by atoms with E-state index in [0.29, 0.717) is 6.04 Å². The van der Waals surface area contributed by atoms with Gasteiger partial charge in [-0.3, -0.25) is 4.98 Å². The van der Waals surface area contributed by atoms with Gasteiger partial charge in [0.1, 0.15) is 0 Å². The summed E-state index contributed by atoms with van der Waals surface area (Å²) in [4.78, 5) is 6.75. The lowest BCUT2D eigenvalue weighted by Crippen LogP contribution is -2.31. The number of pyridine rings is 1. The molecule has 2 rings (SSSR count). The summed E-state index contributed by atoms with van der Waals surface area (Å²) in [7, 11) is 1.77. The van der Waals surface area contributed by atoms with Crippen LogP contribution in [-0.4, -0.2) is 37.8 Å². The van der Waals surface area contributed by atoms with Crippen molar-refractivity contribution in [2.45, 2.75) is 38.8 Å². The summed E-state index contributed by atoms with van der Waals surface area (Å²) in [6, 6.07) is 2.83. The third-order valence-electron chi connectivity index (χ3n) is 3.45. The van der Waals surface area contributed by atoms with E-state index in [-0.39, 0.29) is 0 Å². The van der Waals surface area contributed by atoms with Crippen LogP contribution in [0.2, 0.25) is 0 Å². The first-order valence-electron chi connectivity index (χ1n) is 7.26. The van der Waals surface area contributed by atoms with Gasteiger partial charge in [-0.25, -0.2) is 0 Å². The van der Waals surface area contributed by atoms with Crippen molar-refractivity contribution in [2.24, 2.45) is 0 Å². The van der Waals surface area contributed by atoms with Gasteiger partial charge in [0.05, 0.1) is 6.61 Å². The lowest BCUT2D eigenvalue weighted by atomic mass is 10.2. The molecule has 0 unspecified atom stereocenters. The number of hydrogen-bond acceptors (Lipinski definition) is 4. The fourth-order valence-electron chi connectivity index (χ4n) is 2.31. The molecular formula is C15H25N3O. The molecule has 0 atom stereocenters. The topological polar surface area (TPSA) is 37.4 Å². The molecule has 19 heavy (non-hydrogen) atoms. The molecule has 0 spiro atoms. The van der Waals surface area contributed by atoms with E-state index in [9.17, 15) is 0 Å². The highest BCUT2D eigenvalue weighted by atomic mass is 16.5. The van der Waals surface area contributed by atoms with Gasteiger partial charge in [0.15, 0.2) is 0 Å². The largest absolute Gasteiger partial charge is 0.383 e. The molecule has 106 valence electrons. The molecule has 1 aromatic heterocycles. The molecule has 0 bridgehead atoms. The summed E-state index contributed by atoms with van der Waals surface area (Å²) in [5.41, 5.74) is 2.61. The molecule has 4 nitrogen and oxygen atoms in total. The molecule has 4 heteroatoms. The van der Waals surface area contributed by atoms with Crippen molar-refractivity contribution in [3.05, 3.63) is 24.0 Å². The number of anilines is 1. The maximum atomic E-state index is 5.24. The molecule has 1 N–H and O–H groups in total. The second kappa shape index (κ2) is 7.46. The minimum absolute atomic E-state index is 0.697. The summed E-state index contributed by atoms with van der Waals surface area (Å²) >= 11 is 0. The fraction of sp³-hybridized carbons (Fsp3) is 0.667. The van der Waals surface area contributed by atoms with Gasteiger partial charge in [0.2, 0.25) is 0 Å². The quantitative estimate of drug-likeness (QED) is 0.693. The van der Waals surface area contributed by atoms with Gasteiger partial charge in [-0.1, -0.05) is 6.92 Å². The monoisotopic (exact) mass is 263 g/mol. The van der Waals surface area contributed by atoms with Gasteiger partial charge < -0.3 is 15.0 Å². The van der Waals surface area contributed by atoms with Crippen molar-refractivity contribution in [3.63, 3.8) is 0 Å². The summed E-state index contributed by atoms with van der Waals surface area (Å²) < 4.78 is 5.24. The molecule has 1 aliphatic carbocycles. The number of hydrogen-bond donors (Lipinski definition) is 1. The molecule has 0 saturated heterocycles. The van der Waals surface area contributed by atoms with E-state index in [1.54, 1.807) is 7.11 Å². The Balaban J connectivity index is 2.06. The summed E-state index contributed by atoms with van der Waals surface area (Å²) in [6.45, 7) is 5.88. The number of aromatic nitrogens is 1. The third-order valence-corrected chi connectivity index (χ3v) is 3.45. The number of nitrogens with zero attached hydrogens (tertiary/aromatic N) is 2. The first-order chi connectivity index (χ1) is 9.36. The van der Waals surface area contributed by atoms with Crippen molar-refractivity contribution in [3.8, 4) is 0 Å². The first kappa shape index (κ1) is 14.3. The molecule has 1 aliphatic rings. The van der Waals surface area contributed by atoms with Crippen LogP contribution in [0.5, 0.6) is 0 Å². The van der Waals surface area contributed by atoms with E-state index in [4.69, 9.17) is 4.74 Å². The van der Waals surface area contributed by atoms with E-state index in [2.05, 4.69) is 28.2 Å². The van der Waals surface area contributed by atoms with E-state index in [1.807, 2.05) is 12.4 Å². The van der Waals surface area contributed by atoms with Crippen molar-refractivity contribution >= 4 is 5.69 Å². The normalized spacial score (nSPS) is 14.6. The van der Waals surface area contributed by atoms with Crippen LogP contribution in [-0.2, 0) is 11.3 Å². The van der Waals surface area contributed by atoms with Crippen molar-refractivity contribution in [2.75, 3.05) is 31.7 Å². The Kier molecular flexibility index (Phi) is 5.61. The Morgan fingerprint density at radius 2 is 2.32 bits per heavy atom. The molecule has 0 aromatic carbocycles. The Labute approximate surface area is 116 Å². The Morgan fingerprint density at radius 1 is 1.47 bits per heavy atom. The maximum absolute atomic E-state index is 5.24. The van der Waals surface area contributed by atoms with Crippen LogP contribution in [0.25, 0.3) is 0 Å². The maximum Gasteiger partial charge on any atom is 0.0637 e. The van der Waals surface area contributed by atoms with Gasteiger partial charge in [0, 0.05) is 49.9 Å². The van der Waals surface area contributed by atoms with E-state index < -0.39 is 0 Å². The summed E-state index contributed by atoms with van der Waals surface area (Å²) in [5, 5.41) is 3.46. The molecule has 0 radical (unpaired) electrons. The first-order valence-corrected chi connectivity index (χ1v) is 7.26. The van der Waals surface area contributed by atoms with E-state index >= 15 is 0 Å². The highest BCUT2D eigenvalue weighted by Crippen LogP contribution is 2.33. The third kappa shape index (κ3) is 4.18. The molecule has 0 aliphatic heterocycles. The number of ether oxygens (including phenoxy) is 1. The molecular weight excluding hydrogens is 238 g/mol. The van der Waals surface area contributed by atoms with Crippen LogP contribution in [0.15, 0.2) is 18.5 Å². The van der Waals surface area contributed by atoms with Crippen LogP contribution < -0.4 is 10.2 Å². The van der Waals surface area contributed by atoms with Crippen LogP contribution >= 0.6 is 0 Å².